The Bertz CT molecular complexity index is 210. The molecule has 76 valence electrons. The van der Waals surface area contributed by atoms with Crippen LogP contribution in [0.25, 0.3) is 0 Å². The molecule has 1 fully saturated rings. The van der Waals surface area contributed by atoms with Gasteiger partial charge in [-0.3, -0.25) is 0 Å². The highest BCUT2D eigenvalue weighted by Crippen LogP contribution is 2.19. The lowest BCUT2D eigenvalue weighted by Crippen LogP contribution is -2.65. The van der Waals surface area contributed by atoms with Gasteiger partial charge in [-0.25, -0.2) is 4.79 Å². The van der Waals surface area contributed by atoms with Crippen molar-refractivity contribution < 1.29 is 9.53 Å². The van der Waals surface area contributed by atoms with Crippen molar-refractivity contribution in [3.8, 4) is 0 Å². The maximum atomic E-state index is 11.4. The lowest BCUT2D eigenvalue weighted by atomic mass is 10.0. The van der Waals surface area contributed by atoms with Gasteiger partial charge in [0, 0.05) is 18.6 Å². The summed E-state index contributed by atoms with van der Waals surface area (Å²) in [5.41, 5.74) is 5.24. The number of likely N-dealkylation sites (tertiary alicyclic amines) is 1. The quantitative estimate of drug-likeness (QED) is 0.613. The second-order valence-electron chi connectivity index (χ2n) is 4.54. The van der Waals surface area contributed by atoms with E-state index in [1.165, 1.54) is 0 Å². The molecule has 0 aromatic carbocycles. The van der Waals surface area contributed by atoms with E-state index in [4.69, 9.17) is 10.5 Å². The predicted molar refractivity (Wildman–Crippen MR) is 50.4 cm³/mol. The van der Waals surface area contributed by atoms with Crippen LogP contribution in [0.5, 0.6) is 0 Å². The number of nitrogens with two attached hydrogens (primary N) is 1. The molecule has 0 saturated carbocycles. The van der Waals surface area contributed by atoms with E-state index in [1.807, 2.05) is 27.7 Å². The van der Waals surface area contributed by atoms with E-state index in [2.05, 4.69) is 0 Å². The molecule has 0 aliphatic carbocycles. The van der Waals surface area contributed by atoms with Crippen molar-refractivity contribution in [1.29, 1.82) is 0 Å². The summed E-state index contributed by atoms with van der Waals surface area (Å²) in [4.78, 5) is 13.1. The van der Waals surface area contributed by atoms with Gasteiger partial charge in [0.15, 0.2) is 0 Å². The predicted octanol–water partition coefficient (Wildman–Crippen LogP) is 0.953. The van der Waals surface area contributed by atoms with E-state index in [1.54, 1.807) is 4.90 Å². The third kappa shape index (κ3) is 2.34. The number of carbonyl (C=O) groups excluding carboxylic acids is 1. The molecule has 1 saturated heterocycles. The van der Waals surface area contributed by atoms with Crippen LogP contribution in [-0.2, 0) is 4.74 Å². The topological polar surface area (TPSA) is 55.6 Å². The van der Waals surface area contributed by atoms with Gasteiger partial charge in [0.2, 0.25) is 0 Å². The van der Waals surface area contributed by atoms with Crippen molar-refractivity contribution >= 4 is 6.09 Å². The first-order chi connectivity index (χ1) is 5.81. The molecule has 0 spiro atoms. The molecule has 0 aromatic heterocycles. The fourth-order valence-corrected chi connectivity index (χ4v) is 1.20. The first-order valence-corrected chi connectivity index (χ1v) is 4.56. The van der Waals surface area contributed by atoms with Crippen LogP contribution in [0.15, 0.2) is 0 Å². The molecule has 0 unspecified atom stereocenters. The average Bonchev–Trinajstić information content (AvgIpc) is 1.95. The molecule has 0 aromatic rings. The van der Waals surface area contributed by atoms with Crippen LogP contribution in [0.2, 0.25) is 0 Å². The van der Waals surface area contributed by atoms with Crippen molar-refractivity contribution in [3.63, 3.8) is 0 Å². The van der Waals surface area contributed by atoms with Crippen LogP contribution < -0.4 is 5.73 Å². The van der Waals surface area contributed by atoms with Crippen LogP contribution in [-0.4, -0.2) is 35.2 Å². The normalized spacial score (nSPS) is 28.2. The zero-order chi connectivity index (χ0) is 10.2. The van der Waals surface area contributed by atoms with Crippen LogP contribution >= 0.6 is 0 Å². The zero-order valence-corrected chi connectivity index (χ0v) is 8.70. The largest absolute Gasteiger partial charge is 0.444 e. The molecule has 4 nitrogen and oxygen atoms in total. The van der Waals surface area contributed by atoms with E-state index in [-0.39, 0.29) is 18.2 Å². The number of carbonyl (C=O) groups is 1. The van der Waals surface area contributed by atoms with Crippen molar-refractivity contribution in [3.05, 3.63) is 0 Å². The number of amides is 1. The summed E-state index contributed by atoms with van der Waals surface area (Å²) in [6.07, 6.45) is -0.262. The Hall–Kier alpha value is -0.770. The molecule has 13 heavy (non-hydrogen) atoms. The highest BCUT2D eigenvalue weighted by Gasteiger charge is 2.38. The fourth-order valence-electron chi connectivity index (χ4n) is 1.20. The van der Waals surface area contributed by atoms with Crippen LogP contribution in [0.4, 0.5) is 4.79 Å². The summed E-state index contributed by atoms with van der Waals surface area (Å²) >= 11 is 0. The molecule has 4 heteroatoms. The van der Waals surface area contributed by atoms with Gasteiger partial charge < -0.3 is 15.4 Å². The van der Waals surface area contributed by atoms with Crippen molar-refractivity contribution in [1.82, 2.24) is 4.90 Å². The molecule has 0 bridgehead atoms. The Kier molecular flexibility index (Phi) is 2.52. The smallest absolute Gasteiger partial charge is 0.410 e. The summed E-state index contributed by atoms with van der Waals surface area (Å²) in [5.74, 6) is 0. The van der Waals surface area contributed by atoms with Crippen molar-refractivity contribution in [2.24, 2.45) is 5.73 Å². The minimum atomic E-state index is -0.420. The maximum absolute atomic E-state index is 11.4. The van der Waals surface area contributed by atoms with Crippen LogP contribution in [0, 0.1) is 0 Å². The number of ether oxygens (including phenoxy) is 1. The maximum Gasteiger partial charge on any atom is 0.410 e. The molecule has 1 amide bonds. The van der Waals surface area contributed by atoms with Crippen molar-refractivity contribution in [2.45, 2.75) is 45.4 Å². The number of hydrogen-bond acceptors (Lipinski definition) is 3. The SMILES string of the molecule is C[C@@H]1[C@@H](N)CN1C(=O)OC(C)(C)C. The van der Waals surface area contributed by atoms with E-state index in [0.29, 0.717) is 6.54 Å². The molecule has 2 atom stereocenters. The molecular formula is C9H18N2O2. The van der Waals surface area contributed by atoms with Gasteiger partial charge in [-0.2, -0.15) is 0 Å². The van der Waals surface area contributed by atoms with E-state index in [0.717, 1.165) is 0 Å². The van der Waals surface area contributed by atoms with E-state index in [9.17, 15) is 4.79 Å². The molecule has 0 radical (unpaired) electrons. The molecule has 2 N–H and O–H groups in total. The Labute approximate surface area is 79.0 Å². The van der Waals surface area contributed by atoms with Gasteiger partial charge in [0.25, 0.3) is 0 Å². The van der Waals surface area contributed by atoms with Gasteiger partial charge in [0.05, 0.1) is 0 Å². The van der Waals surface area contributed by atoms with Crippen LogP contribution in [0.3, 0.4) is 0 Å². The highest BCUT2D eigenvalue weighted by atomic mass is 16.6. The fraction of sp³-hybridized carbons (Fsp3) is 0.889. The Morgan fingerprint density at radius 1 is 1.54 bits per heavy atom. The second-order valence-corrected chi connectivity index (χ2v) is 4.54. The first-order valence-electron chi connectivity index (χ1n) is 4.56. The Balaban J connectivity index is 2.42. The zero-order valence-electron chi connectivity index (χ0n) is 8.70. The summed E-state index contributed by atoms with van der Waals surface area (Å²) in [6, 6.07) is 0.211. The van der Waals surface area contributed by atoms with Crippen molar-refractivity contribution in [2.75, 3.05) is 6.54 Å². The standard InChI is InChI=1S/C9H18N2O2/c1-6-7(10)5-11(6)8(12)13-9(2,3)4/h6-7H,5,10H2,1-4H3/t6-,7+/m1/s1. The molecular weight excluding hydrogens is 168 g/mol. The van der Waals surface area contributed by atoms with Gasteiger partial charge in [-0.1, -0.05) is 0 Å². The van der Waals surface area contributed by atoms with Gasteiger partial charge in [0.1, 0.15) is 5.60 Å². The minimum absolute atomic E-state index is 0.104. The van der Waals surface area contributed by atoms with Crippen LogP contribution in [0.1, 0.15) is 27.7 Å². The molecule has 1 aliphatic rings. The summed E-state index contributed by atoms with van der Waals surface area (Å²) in [7, 11) is 0. The lowest BCUT2D eigenvalue weighted by Gasteiger charge is -2.44. The highest BCUT2D eigenvalue weighted by molar-refractivity contribution is 5.70. The van der Waals surface area contributed by atoms with Gasteiger partial charge >= 0.3 is 6.09 Å². The third-order valence-corrected chi connectivity index (χ3v) is 2.15. The first kappa shape index (κ1) is 10.3. The van der Waals surface area contributed by atoms with E-state index >= 15 is 0 Å². The number of rotatable bonds is 0. The summed E-state index contributed by atoms with van der Waals surface area (Å²) in [5, 5.41) is 0. The minimum Gasteiger partial charge on any atom is -0.444 e. The summed E-state index contributed by atoms with van der Waals surface area (Å²) < 4.78 is 5.19. The molecule has 1 aliphatic heterocycles. The van der Waals surface area contributed by atoms with Gasteiger partial charge in [-0.15, -0.1) is 0 Å². The second kappa shape index (κ2) is 3.18. The monoisotopic (exact) mass is 186 g/mol. The number of nitrogens with zero attached hydrogens (tertiary/aromatic N) is 1. The van der Waals surface area contributed by atoms with Gasteiger partial charge in [-0.05, 0) is 27.7 Å². The lowest BCUT2D eigenvalue weighted by molar-refractivity contribution is -0.00861. The third-order valence-electron chi connectivity index (χ3n) is 2.15. The molecule has 1 rings (SSSR count). The Morgan fingerprint density at radius 3 is 2.38 bits per heavy atom. The summed E-state index contributed by atoms with van der Waals surface area (Å²) in [6.45, 7) is 8.11. The number of hydrogen-bond donors (Lipinski definition) is 1. The molecule has 1 heterocycles. The Morgan fingerprint density at radius 2 is 2.08 bits per heavy atom. The van der Waals surface area contributed by atoms with E-state index < -0.39 is 5.60 Å². The average molecular weight is 186 g/mol.